The minimum absolute atomic E-state index is 0.384. The summed E-state index contributed by atoms with van der Waals surface area (Å²) in [5.41, 5.74) is 0.551. The van der Waals surface area contributed by atoms with E-state index in [1.165, 1.54) is 18.4 Å². The number of thiophene rings is 1. The van der Waals surface area contributed by atoms with Crippen LogP contribution in [0.5, 0.6) is 5.88 Å². The lowest BCUT2D eigenvalue weighted by molar-refractivity contribution is 0.400. The van der Waals surface area contributed by atoms with Crippen molar-refractivity contribution in [2.45, 2.75) is 4.21 Å². The second-order valence-electron chi connectivity index (χ2n) is 3.14. The molecular formula is C10H8BrClN2O2S2. The third kappa shape index (κ3) is 3.23. The molecular weight excluding hydrogens is 360 g/mol. The molecule has 0 aliphatic carbocycles. The first-order valence-electron chi connectivity index (χ1n) is 4.73. The Labute approximate surface area is 124 Å². The van der Waals surface area contributed by atoms with E-state index in [9.17, 15) is 4.21 Å². The van der Waals surface area contributed by atoms with Gasteiger partial charge in [0.05, 0.1) is 11.4 Å². The van der Waals surface area contributed by atoms with E-state index < -0.39 is 11.0 Å². The molecule has 0 radical (unpaired) electrons. The fourth-order valence-electron chi connectivity index (χ4n) is 1.21. The zero-order valence-corrected chi connectivity index (χ0v) is 13.1. The standard InChI is InChI=1S/C10H8BrClN2O2S2/c1-16-10-7(4-6(11)5-13-10)14-18(15)9-3-2-8(12)17-9/h2-5,14H,1H3. The molecule has 0 aliphatic heterocycles. The van der Waals surface area contributed by atoms with Crippen molar-refractivity contribution >= 4 is 55.5 Å². The average molecular weight is 368 g/mol. The fraction of sp³-hybridized carbons (Fsp3) is 0.100. The van der Waals surface area contributed by atoms with Crippen LogP contribution in [0.15, 0.2) is 33.1 Å². The second-order valence-corrected chi connectivity index (χ2v) is 7.21. The molecule has 0 saturated carbocycles. The van der Waals surface area contributed by atoms with Gasteiger partial charge in [0.1, 0.15) is 9.90 Å². The third-order valence-electron chi connectivity index (χ3n) is 1.95. The van der Waals surface area contributed by atoms with Crippen molar-refractivity contribution < 1.29 is 8.95 Å². The number of nitrogens with one attached hydrogen (secondary N) is 1. The predicted molar refractivity (Wildman–Crippen MR) is 77.8 cm³/mol. The van der Waals surface area contributed by atoms with E-state index in [1.807, 2.05) is 0 Å². The molecule has 2 heterocycles. The lowest BCUT2D eigenvalue weighted by Crippen LogP contribution is -2.05. The van der Waals surface area contributed by atoms with Crippen molar-refractivity contribution in [2.75, 3.05) is 11.8 Å². The SMILES string of the molecule is COc1ncc(Br)cc1NS(=O)c1ccc(Cl)s1. The number of anilines is 1. The summed E-state index contributed by atoms with van der Waals surface area (Å²) in [6.45, 7) is 0. The molecule has 96 valence electrons. The summed E-state index contributed by atoms with van der Waals surface area (Å²) >= 11 is 10.4. The molecule has 0 aromatic carbocycles. The van der Waals surface area contributed by atoms with Crippen LogP contribution in [-0.2, 0) is 11.0 Å². The van der Waals surface area contributed by atoms with Crippen LogP contribution in [0.4, 0.5) is 5.69 Å². The first-order chi connectivity index (χ1) is 8.60. The molecule has 2 rings (SSSR count). The van der Waals surface area contributed by atoms with Crippen molar-refractivity contribution in [3.63, 3.8) is 0 Å². The zero-order valence-electron chi connectivity index (χ0n) is 9.15. The fourth-order valence-corrected chi connectivity index (χ4v) is 3.79. The average Bonchev–Trinajstić information content (AvgIpc) is 2.76. The summed E-state index contributed by atoms with van der Waals surface area (Å²) in [5, 5.41) is 0. The van der Waals surface area contributed by atoms with Crippen molar-refractivity contribution in [3.05, 3.63) is 33.2 Å². The maximum atomic E-state index is 12.1. The van der Waals surface area contributed by atoms with Gasteiger partial charge in [-0.2, -0.15) is 0 Å². The Hall–Kier alpha value is -0.630. The second kappa shape index (κ2) is 6.01. The normalized spacial score (nSPS) is 12.2. The van der Waals surface area contributed by atoms with Gasteiger partial charge in [0.15, 0.2) is 11.0 Å². The summed E-state index contributed by atoms with van der Waals surface area (Å²) < 4.78 is 22.0. The van der Waals surface area contributed by atoms with E-state index in [4.69, 9.17) is 16.3 Å². The number of hydrogen-bond donors (Lipinski definition) is 1. The minimum atomic E-state index is -1.39. The van der Waals surface area contributed by atoms with Crippen LogP contribution >= 0.6 is 38.9 Å². The van der Waals surface area contributed by atoms with E-state index >= 15 is 0 Å². The van der Waals surface area contributed by atoms with Gasteiger partial charge in [-0.1, -0.05) is 11.6 Å². The van der Waals surface area contributed by atoms with E-state index in [-0.39, 0.29) is 0 Å². The molecule has 18 heavy (non-hydrogen) atoms. The van der Waals surface area contributed by atoms with Gasteiger partial charge in [-0.3, -0.25) is 4.72 Å². The van der Waals surface area contributed by atoms with Gasteiger partial charge in [-0.15, -0.1) is 11.3 Å². The Bertz CT molecular complexity index is 591. The molecule has 1 unspecified atom stereocenters. The van der Waals surface area contributed by atoms with Crippen molar-refractivity contribution in [1.82, 2.24) is 4.98 Å². The van der Waals surface area contributed by atoms with Gasteiger partial charge in [-0.25, -0.2) is 9.19 Å². The van der Waals surface area contributed by atoms with E-state index in [1.54, 1.807) is 24.4 Å². The molecule has 8 heteroatoms. The number of hydrogen-bond acceptors (Lipinski definition) is 4. The maximum Gasteiger partial charge on any atom is 0.238 e. The predicted octanol–water partition coefficient (Wildman–Crippen LogP) is 3.70. The van der Waals surface area contributed by atoms with E-state index in [0.717, 1.165) is 4.47 Å². The Morgan fingerprint density at radius 3 is 2.94 bits per heavy atom. The highest BCUT2D eigenvalue weighted by molar-refractivity contribution is 9.10. The number of nitrogens with zero attached hydrogens (tertiary/aromatic N) is 1. The van der Waals surface area contributed by atoms with Crippen LogP contribution in [0.2, 0.25) is 4.34 Å². The largest absolute Gasteiger partial charge is 0.480 e. The molecule has 2 aromatic rings. The van der Waals surface area contributed by atoms with Gasteiger partial charge >= 0.3 is 0 Å². The molecule has 0 spiro atoms. The monoisotopic (exact) mass is 366 g/mol. The minimum Gasteiger partial charge on any atom is -0.480 e. The highest BCUT2D eigenvalue weighted by atomic mass is 79.9. The van der Waals surface area contributed by atoms with E-state index in [0.29, 0.717) is 20.1 Å². The Morgan fingerprint density at radius 2 is 2.33 bits per heavy atom. The highest BCUT2D eigenvalue weighted by Gasteiger charge is 2.11. The van der Waals surface area contributed by atoms with Crippen LogP contribution in [-0.4, -0.2) is 16.3 Å². The van der Waals surface area contributed by atoms with Crippen LogP contribution in [0.25, 0.3) is 0 Å². The number of halogens is 2. The molecule has 0 bridgehead atoms. The quantitative estimate of drug-likeness (QED) is 0.896. The number of ether oxygens (including phenoxy) is 1. The van der Waals surface area contributed by atoms with Gasteiger partial charge < -0.3 is 4.74 Å². The van der Waals surface area contributed by atoms with Gasteiger partial charge in [0.2, 0.25) is 5.88 Å². The topological polar surface area (TPSA) is 51.2 Å². The van der Waals surface area contributed by atoms with Gasteiger partial charge in [0.25, 0.3) is 0 Å². The highest BCUT2D eigenvalue weighted by Crippen LogP contribution is 2.29. The molecule has 0 amide bonds. The number of aromatic nitrogens is 1. The van der Waals surface area contributed by atoms with Crippen LogP contribution in [0.3, 0.4) is 0 Å². The maximum absolute atomic E-state index is 12.1. The van der Waals surface area contributed by atoms with Crippen molar-refractivity contribution in [1.29, 1.82) is 0 Å². The molecule has 0 saturated heterocycles. The molecule has 1 N–H and O–H groups in total. The Morgan fingerprint density at radius 1 is 1.56 bits per heavy atom. The summed E-state index contributed by atoms with van der Waals surface area (Å²) in [6, 6.07) is 5.17. The number of pyridine rings is 1. The zero-order chi connectivity index (χ0) is 13.1. The summed E-state index contributed by atoms with van der Waals surface area (Å²) in [6.07, 6.45) is 1.61. The number of rotatable bonds is 4. The van der Waals surface area contributed by atoms with Crippen LogP contribution < -0.4 is 9.46 Å². The lowest BCUT2D eigenvalue weighted by atomic mass is 10.4. The molecule has 0 aliphatic rings. The van der Waals surface area contributed by atoms with Gasteiger partial charge in [-0.05, 0) is 34.1 Å². The van der Waals surface area contributed by atoms with Crippen LogP contribution in [0, 0.1) is 0 Å². The van der Waals surface area contributed by atoms with E-state index in [2.05, 4.69) is 25.6 Å². The van der Waals surface area contributed by atoms with Gasteiger partial charge in [0, 0.05) is 10.7 Å². The third-order valence-corrected chi connectivity index (χ3v) is 5.02. The molecule has 2 aromatic heterocycles. The molecule has 4 nitrogen and oxygen atoms in total. The van der Waals surface area contributed by atoms with Crippen LogP contribution in [0.1, 0.15) is 0 Å². The van der Waals surface area contributed by atoms with Crippen molar-refractivity contribution in [2.24, 2.45) is 0 Å². The first-order valence-corrected chi connectivity index (χ1v) is 7.87. The lowest BCUT2D eigenvalue weighted by Gasteiger charge is -2.08. The summed E-state index contributed by atoms with van der Waals surface area (Å²) in [7, 11) is 0.116. The molecule has 1 atom stereocenters. The first kappa shape index (κ1) is 13.8. The summed E-state index contributed by atoms with van der Waals surface area (Å²) in [5.74, 6) is 0.384. The molecule has 0 fully saturated rings. The smallest absolute Gasteiger partial charge is 0.238 e. The Kier molecular flexibility index (Phi) is 4.60. The summed E-state index contributed by atoms with van der Waals surface area (Å²) in [4.78, 5) is 4.06. The Balaban J connectivity index is 2.23. The van der Waals surface area contributed by atoms with Crippen molar-refractivity contribution in [3.8, 4) is 5.88 Å². The number of methoxy groups -OCH3 is 1.